The third-order valence-electron chi connectivity index (χ3n) is 3.16. The average Bonchev–Trinajstić information content (AvgIpc) is 2.96. The second kappa shape index (κ2) is 5.95. The first-order chi connectivity index (χ1) is 9.37. The average molecular weight is 295 g/mol. The predicted octanol–water partition coefficient (Wildman–Crippen LogP) is 2.62. The third-order valence-corrected chi connectivity index (χ3v) is 4.03. The molecule has 0 aromatic carbocycles. The second-order valence-electron chi connectivity index (χ2n) is 6.03. The summed E-state index contributed by atoms with van der Waals surface area (Å²) in [4.78, 5) is 27.2. The van der Waals surface area contributed by atoms with Gasteiger partial charge in [0.2, 0.25) is 5.91 Å². The topological polar surface area (TPSA) is 46.6 Å². The molecule has 0 aliphatic carbocycles. The van der Waals surface area contributed by atoms with E-state index in [0.717, 1.165) is 11.3 Å². The van der Waals surface area contributed by atoms with Gasteiger partial charge in [0.25, 0.3) is 0 Å². The Balaban J connectivity index is 1.99. The largest absolute Gasteiger partial charge is 0.458 e. The number of carbonyl (C=O) groups excluding carboxylic acids is 2. The highest BCUT2D eigenvalue weighted by atomic mass is 32.1. The quantitative estimate of drug-likeness (QED) is 0.805. The van der Waals surface area contributed by atoms with E-state index in [1.165, 1.54) is 0 Å². The molecule has 1 atom stereocenters. The molecule has 5 heteroatoms. The number of hydrogen-bond acceptors (Lipinski definition) is 4. The van der Waals surface area contributed by atoms with Gasteiger partial charge in [-0.15, -0.1) is 11.3 Å². The van der Waals surface area contributed by atoms with Gasteiger partial charge < -0.3 is 9.64 Å². The third kappa shape index (κ3) is 3.82. The summed E-state index contributed by atoms with van der Waals surface area (Å²) in [6.45, 7) is 6.18. The molecule has 1 aromatic heterocycles. The van der Waals surface area contributed by atoms with Gasteiger partial charge in [0.05, 0.1) is 6.42 Å². The first-order valence-corrected chi connectivity index (χ1v) is 7.79. The van der Waals surface area contributed by atoms with Gasteiger partial charge in [-0.2, -0.15) is 0 Å². The Hall–Kier alpha value is -1.36. The SMILES string of the molecule is CC(C)(C)OC(=O)[C@@H]1CCCN1C(=O)Cc1cccs1. The van der Waals surface area contributed by atoms with Crippen LogP contribution in [-0.4, -0.2) is 35.0 Å². The van der Waals surface area contributed by atoms with Crippen LogP contribution in [0.3, 0.4) is 0 Å². The fraction of sp³-hybridized carbons (Fsp3) is 0.600. The van der Waals surface area contributed by atoms with E-state index in [-0.39, 0.29) is 11.9 Å². The van der Waals surface area contributed by atoms with E-state index in [1.54, 1.807) is 16.2 Å². The smallest absolute Gasteiger partial charge is 0.329 e. The van der Waals surface area contributed by atoms with Crippen LogP contribution in [0.5, 0.6) is 0 Å². The van der Waals surface area contributed by atoms with E-state index in [0.29, 0.717) is 19.4 Å². The van der Waals surface area contributed by atoms with Crippen LogP contribution in [0.4, 0.5) is 0 Å². The Labute approximate surface area is 123 Å². The summed E-state index contributed by atoms with van der Waals surface area (Å²) in [7, 11) is 0. The first kappa shape index (κ1) is 15.0. The van der Waals surface area contributed by atoms with E-state index in [9.17, 15) is 9.59 Å². The van der Waals surface area contributed by atoms with E-state index in [1.807, 2.05) is 38.3 Å². The van der Waals surface area contributed by atoms with Crippen molar-refractivity contribution in [2.75, 3.05) is 6.54 Å². The van der Waals surface area contributed by atoms with Crippen molar-refractivity contribution in [3.05, 3.63) is 22.4 Å². The number of hydrogen-bond donors (Lipinski definition) is 0. The lowest BCUT2D eigenvalue weighted by Gasteiger charge is -2.27. The molecule has 1 aliphatic heterocycles. The van der Waals surface area contributed by atoms with Gasteiger partial charge in [0.1, 0.15) is 11.6 Å². The van der Waals surface area contributed by atoms with Crippen molar-refractivity contribution in [3.63, 3.8) is 0 Å². The summed E-state index contributed by atoms with van der Waals surface area (Å²) >= 11 is 1.57. The van der Waals surface area contributed by atoms with E-state index in [2.05, 4.69) is 0 Å². The van der Waals surface area contributed by atoms with Gasteiger partial charge in [0.15, 0.2) is 0 Å². The number of likely N-dealkylation sites (tertiary alicyclic amines) is 1. The van der Waals surface area contributed by atoms with E-state index in [4.69, 9.17) is 4.74 Å². The monoisotopic (exact) mass is 295 g/mol. The van der Waals surface area contributed by atoms with Crippen LogP contribution in [0.2, 0.25) is 0 Å². The molecule has 0 saturated carbocycles. The zero-order chi connectivity index (χ0) is 14.8. The van der Waals surface area contributed by atoms with Crippen LogP contribution in [0.1, 0.15) is 38.5 Å². The molecule has 1 fully saturated rings. The van der Waals surface area contributed by atoms with Crippen molar-refractivity contribution < 1.29 is 14.3 Å². The lowest BCUT2D eigenvalue weighted by atomic mass is 10.1. The van der Waals surface area contributed by atoms with Gasteiger partial charge in [0, 0.05) is 11.4 Å². The van der Waals surface area contributed by atoms with Crippen LogP contribution in [-0.2, 0) is 20.7 Å². The van der Waals surface area contributed by atoms with Crippen molar-refractivity contribution in [3.8, 4) is 0 Å². The number of esters is 1. The number of thiophene rings is 1. The van der Waals surface area contributed by atoms with Crippen molar-refractivity contribution in [1.29, 1.82) is 0 Å². The van der Waals surface area contributed by atoms with Gasteiger partial charge >= 0.3 is 5.97 Å². The van der Waals surface area contributed by atoms with Crippen LogP contribution in [0.25, 0.3) is 0 Å². The fourth-order valence-corrected chi connectivity index (χ4v) is 3.04. The summed E-state index contributed by atoms with van der Waals surface area (Å²) in [5.74, 6) is -0.268. The molecule has 0 spiro atoms. The lowest BCUT2D eigenvalue weighted by molar-refractivity contribution is -0.163. The Kier molecular flexibility index (Phi) is 4.48. The molecule has 1 amide bonds. The zero-order valence-electron chi connectivity index (χ0n) is 12.2. The zero-order valence-corrected chi connectivity index (χ0v) is 13.0. The molecule has 1 aliphatic rings. The van der Waals surface area contributed by atoms with Gasteiger partial charge in [-0.3, -0.25) is 4.79 Å². The van der Waals surface area contributed by atoms with Gasteiger partial charge in [-0.1, -0.05) is 6.07 Å². The Bertz CT molecular complexity index is 476. The number of amides is 1. The van der Waals surface area contributed by atoms with Crippen LogP contribution in [0, 0.1) is 0 Å². The predicted molar refractivity (Wildman–Crippen MR) is 78.6 cm³/mol. The minimum absolute atomic E-state index is 0.0146. The Morgan fingerprint density at radius 2 is 2.20 bits per heavy atom. The van der Waals surface area contributed by atoms with Crippen LogP contribution >= 0.6 is 11.3 Å². The van der Waals surface area contributed by atoms with Crippen molar-refractivity contribution in [2.24, 2.45) is 0 Å². The summed E-state index contributed by atoms with van der Waals surface area (Å²) in [6, 6.07) is 3.46. The van der Waals surface area contributed by atoms with Gasteiger partial charge in [-0.05, 0) is 45.1 Å². The molecule has 0 N–H and O–H groups in total. The summed E-state index contributed by atoms with van der Waals surface area (Å²) in [5, 5.41) is 1.96. The maximum Gasteiger partial charge on any atom is 0.329 e. The van der Waals surface area contributed by atoms with Crippen LogP contribution < -0.4 is 0 Å². The number of carbonyl (C=O) groups is 2. The summed E-state index contributed by atoms with van der Waals surface area (Å²) in [6.07, 6.45) is 1.93. The second-order valence-corrected chi connectivity index (χ2v) is 7.07. The summed E-state index contributed by atoms with van der Waals surface area (Å²) in [5.41, 5.74) is -0.512. The fourth-order valence-electron chi connectivity index (χ4n) is 2.34. The highest BCUT2D eigenvalue weighted by Gasteiger charge is 2.36. The maximum atomic E-state index is 12.3. The van der Waals surface area contributed by atoms with Gasteiger partial charge in [-0.25, -0.2) is 4.79 Å². The molecular formula is C15H21NO3S. The molecule has 2 rings (SSSR count). The van der Waals surface area contributed by atoms with Crippen molar-refractivity contribution >= 4 is 23.2 Å². The lowest BCUT2D eigenvalue weighted by Crippen LogP contribution is -2.44. The maximum absolute atomic E-state index is 12.3. The molecule has 2 heterocycles. The van der Waals surface area contributed by atoms with E-state index >= 15 is 0 Å². The molecule has 0 bridgehead atoms. The molecule has 0 radical (unpaired) electrons. The molecule has 1 aromatic rings. The molecule has 110 valence electrons. The highest BCUT2D eigenvalue weighted by Crippen LogP contribution is 2.22. The highest BCUT2D eigenvalue weighted by molar-refractivity contribution is 7.10. The molecule has 0 unspecified atom stereocenters. The summed E-state index contributed by atoms with van der Waals surface area (Å²) < 4.78 is 5.41. The standard InChI is InChI=1S/C15H21NO3S/c1-15(2,3)19-14(18)12-7-4-8-16(12)13(17)10-11-6-5-9-20-11/h5-6,9,12H,4,7-8,10H2,1-3H3/t12-/m0/s1. The minimum Gasteiger partial charge on any atom is -0.458 e. The van der Waals surface area contributed by atoms with E-state index < -0.39 is 11.6 Å². The number of rotatable bonds is 3. The molecule has 4 nitrogen and oxygen atoms in total. The Morgan fingerprint density at radius 1 is 1.45 bits per heavy atom. The first-order valence-electron chi connectivity index (χ1n) is 6.91. The van der Waals surface area contributed by atoms with Crippen molar-refractivity contribution in [2.45, 2.75) is 51.7 Å². The normalized spacial score (nSPS) is 19.1. The number of ether oxygens (including phenoxy) is 1. The number of nitrogens with zero attached hydrogens (tertiary/aromatic N) is 1. The van der Waals surface area contributed by atoms with Crippen molar-refractivity contribution in [1.82, 2.24) is 4.90 Å². The molecule has 20 heavy (non-hydrogen) atoms. The van der Waals surface area contributed by atoms with Crippen LogP contribution in [0.15, 0.2) is 17.5 Å². The Morgan fingerprint density at radius 3 is 2.80 bits per heavy atom. The minimum atomic E-state index is -0.512. The molecular weight excluding hydrogens is 274 g/mol. The molecule has 1 saturated heterocycles.